The van der Waals surface area contributed by atoms with E-state index in [1.54, 1.807) is 12.1 Å². The highest BCUT2D eigenvalue weighted by Crippen LogP contribution is 2.38. The van der Waals surface area contributed by atoms with Crippen molar-refractivity contribution in [2.24, 2.45) is 5.92 Å². The predicted octanol–water partition coefficient (Wildman–Crippen LogP) is 4.64. The molecule has 2 aliphatic heterocycles. The maximum absolute atomic E-state index is 15.2. The van der Waals surface area contributed by atoms with Crippen molar-refractivity contribution in [1.29, 1.82) is 0 Å². The van der Waals surface area contributed by atoms with Gasteiger partial charge in [0.2, 0.25) is 5.91 Å². The molecule has 0 aromatic heterocycles. The molecule has 0 aliphatic carbocycles. The Morgan fingerprint density at radius 3 is 2.36 bits per heavy atom. The van der Waals surface area contributed by atoms with Crippen LogP contribution in [0.2, 0.25) is 0 Å². The summed E-state index contributed by atoms with van der Waals surface area (Å²) in [7, 11) is 1.49. The smallest absolute Gasteiger partial charge is 0.416 e. The quantitative estimate of drug-likeness (QED) is 0.485. The summed E-state index contributed by atoms with van der Waals surface area (Å²) in [5, 5.41) is 0. The van der Waals surface area contributed by atoms with E-state index in [4.69, 9.17) is 9.47 Å². The maximum atomic E-state index is 15.2. The summed E-state index contributed by atoms with van der Waals surface area (Å²) in [6.45, 7) is 1.71. The predicted molar refractivity (Wildman–Crippen MR) is 133 cm³/mol. The van der Waals surface area contributed by atoms with Crippen LogP contribution in [0.5, 0.6) is 5.75 Å². The van der Waals surface area contributed by atoms with E-state index in [2.05, 4.69) is 4.90 Å². The van der Waals surface area contributed by atoms with Gasteiger partial charge in [0.15, 0.2) is 0 Å². The van der Waals surface area contributed by atoms with Gasteiger partial charge in [-0.15, -0.1) is 0 Å². The van der Waals surface area contributed by atoms with Gasteiger partial charge in [-0.25, -0.2) is 14.1 Å². The van der Waals surface area contributed by atoms with Gasteiger partial charge in [0.25, 0.3) is 0 Å². The number of hydrogen-bond acceptors (Lipinski definition) is 5. The number of nitrogens with zero attached hydrogens (tertiary/aromatic N) is 2. The van der Waals surface area contributed by atoms with Gasteiger partial charge in [0, 0.05) is 31.6 Å². The highest BCUT2D eigenvalue weighted by molar-refractivity contribution is 5.95. The molecule has 0 unspecified atom stereocenters. The van der Waals surface area contributed by atoms with E-state index in [1.165, 1.54) is 18.1 Å². The van der Waals surface area contributed by atoms with Gasteiger partial charge < -0.3 is 9.47 Å². The number of carbonyl (C=O) groups excluding carboxylic acids is 2. The molecule has 2 amide bonds. The number of amides is 2. The minimum absolute atomic E-state index is 0.154. The lowest BCUT2D eigenvalue weighted by atomic mass is 9.87. The van der Waals surface area contributed by atoms with Gasteiger partial charge in [0.1, 0.15) is 18.2 Å². The summed E-state index contributed by atoms with van der Waals surface area (Å²) in [6.07, 6.45) is -0.114. The molecular weight excluding hydrogens is 459 g/mol. The molecule has 3 aromatic carbocycles. The Kier molecular flexibility index (Phi) is 7.00. The van der Waals surface area contributed by atoms with Crippen LogP contribution in [-0.2, 0) is 22.5 Å². The normalized spacial score (nSPS) is 22.0. The first-order chi connectivity index (χ1) is 17.5. The fourth-order valence-corrected chi connectivity index (χ4v) is 5.30. The van der Waals surface area contributed by atoms with E-state index in [-0.39, 0.29) is 12.5 Å². The maximum Gasteiger partial charge on any atom is 0.416 e. The fourth-order valence-electron chi connectivity index (χ4n) is 5.30. The second-order valence-electron chi connectivity index (χ2n) is 9.41. The van der Waals surface area contributed by atoms with Crippen LogP contribution in [0.3, 0.4) is 0 Å². The van der Waals surface area contributed by atoms with Crippen LogP contribution in [0.4, 0.5) is 9.18 Å². The van der Waals surface area contributed by atoms with Crippen molar-refractivity contribution >= 4 is 12.0 Å². The minimum Gasteiger partial charge on any atom is -0.497 e. The molecule has 3 aromatic rings. The number of likely N-dealkylation sites (tertiary alicyclic amines) is 1. The van der Waals surface area contributed by atoms with Crippen LogP contribution in [-0.4, -0.2) is 54.6 Å². The van der Waals surface area contributed by atoms with E-state index in [0.29, 0.717) is 37.4 Å². The molecule has 2 saturated heterocycles. The number of ether oxygens (including phenoxy) is 2. The Morgan fingerprint density at radius 2 is 1.69 bits per heavy atom. The highest BCUT2D eigenvalue weighted by atomic mass is 19.1. The number of methoxy groups -OCH3 is 1. The second-order valence-corrected chi connectivity index (χ2v) is 9.41. The van der Waals surface area contributed by atoms with Gasteiger partial charge in [-0.05, 0) is 29.2 Å². The molecule has 36 heavy (non-hydrogen) atoms. The molecule has 6 nitrogen and oxygen atoms in total. The van der Waals surface area contributed by atoms with Crippen molar-refractivity contribution in [1.82, 2.24) is 9.80 Å². The minimum atomic E-state index is -0.628. The van der Waals surface area contributed by atoms with Crippen molar-refractivity contribution in [2.45, 2.75) is 24.9 Å². The molecule has 2 aliphatic rings. The first-order valence-corrected chi connectivity index (χ1v) is 12.2. The summed E-state index contributed by atoms with van der Waals surface area (Å²) in [5.41, 5.74) is 2.59. The molecule has 7 heteroatoms. The fraction of sp³-hybridized carbons (Fsp3) is 0.310. The van der Waals surface area contributed by atoms with Crippen molar-refractivity contribution in [2.75, 3.05) is 26.8 Å². The number of carbonyl (C=O) groups is 2. The first-order valence-electron chi connectivity index (χ1n) is 12.2. The van der Waals surface area contributed by atoms with E-state index in [1.807, 2.05) is 60.7 Å². The average molecular weight is 489 g/mol. The molecule has 0 saturated carbocycles. The van der Waals surface area contributed by atoms with Crippen molar-refractivity contribution in [3.8, 4) is 5.75 Å². The molecule has 2 fully saturated rings. The number of rotatable bonds is 7. The van der Waals surface area contributed by atoms with Crippen molar-refractivity contribution in [3.05, 3.63) is 101 Å². The van der Waals surface area contributed by atoms with Crippen molar-refractivity contribution in [3.63, 3.8) is 0 Å². The van der Waals surface area contributed by atoms with Crippen LogP contribution in [0.15, 0.2) is 78.9 Å². The van der Waals surface area contributed by atoms with E-state index in [0.717, 1.165) is 11.1 Å². The Hall–Kier alpha value is -3.71. The lowest BCUT2D eigenvalue weighted by Crippen LogP contribution is -2.45. The van der Waals surface area contributed by atoms with Gasteiger partial charge in [-0.1, -0.05) is 66.7 Å². The molecule has 0 spiro atoms. The number of halogens is 1. The standard InChI is InChI=1S/C29H29FN2O4/c1-35-23-12-13-24(27(30)15-23)25-17-31(16-21-10-6-3-7-11-21)18-26(25)28(33)32-22(19-36-29(32)34)14-20-8-4-2-5-9-20/h2-13,15,22,25-26H,14,16-19H2,1H3/t22-,25-,26+/m0/s1. The Labute approximate surface area is 210 Å². The molecular formula is C29H29FN2O4. The molecule has 5 rings (SSSR count). The Bertz CT molecular complexity index is 1220. The van der Waals surface area contributed by atoms with Gasteiger partial charge >= 0.3 is 6.09 Å². The summed E-state index contributed by atoms with van der Waals surface area (Å²) in [4.78, 5) is 30.1. The molecule has 3 atom stereocenters. The summed E-state index contributed by atoms with van der Waals surface area (Å²) in [5.74, 6) is -1.29. The highest BCUT2D eigenvalue weighted by Gasteiger charge is 2.47. The van der Waals surface area contributed by atoms with Gasteiger partial charge in [-0.3, -0.25) is 9.69 Å². The second kappa shape index (κ2) is 10.5. The van der Waals surface area contributed by atoms with E-state index in [9.17, 15) is 9.59 Å². The van der Waals surface area contributed by atoms with Gasteiger partial charge in [0.05, 0.1) is 19.1 Å². The third-order valence-electron chi connectivity index (χ3n) is 7.08. The number of benzene rings is 3. The topological polar surface area (TPSA) is 59.1 Å². The zero-order valence-corrected chi connectivity index (χ0v) is 20.2. The lowest BCUT2D eigenvalue weighted by Gasteiger charge is -2.26. The van der Waals surface area contributed by atoms with Crippen molar-refractivity contribution < 1.29 is 23.5 Å². The molecule has 2 heterocycles. The third kappa shape index (κ3) is 4.97. The first kappa shape index (κ1) is 24.0. The summed E-state index contributed by atoms with van der Waals surface area (Å²) in [6, 6.07) is 24.1. The Morgan fingerprint density at radius 1 is 1.00 bits per heavy atom. The molecule has 0 bridgehead atoms. The lowest BCUT2D eigenvalue weighted by molar-refractivity contribution is -0.133. The SMILES string of the molecule is COc1ccc([C@@H]2CN(Cc3ccccc3)C[C@H]2C(=O)N2C(=O)OC[C@@H]2Cc2ccccc2)c(F)c1. The van der Waals surface area contributed by atoms with Crippen LogP contribution < -0.4 is 4.74 Å². The number of hydrogen-bond donors (Lipinski definition) is 0. The van der Waals surface area contributed by atoms with Gasteiger partial charge in [-0.2, -0.15) is 0 Å². The van der Waals surface area contributed by atoms with Crippen LogP contribution in [0.25, 0.3) is 0 Å². The van der Waals surface area contributed by atoms with Crippen LogP contribution in [0.1, 0.15) is 22.6 Å². The molecule has 186 valence electrons. The van der Waals surface area contributed by atoms with E-state index >= 15 is 4.39 Å². The summed E-state index contributed by atoms with van der Waals surface area (Å²) < 4.78 is 25.7. The monoisotopic (exact) mass is 488 g/mol. The Balaban J connectivity index is 1.43. The summed E-state index contributed by atoms with van der Waals surface area (Å²) >= 11 is 0. The zero-order valence-electron chi connectivity index (χ0n) is 20.2. The molecule has 0 radical (unpaired) electrons. The third-order valence-corrected chi connectivity index (χ3v) is 7.08. The van der Waals surface area contributed by atoms with E-state index < -0.39 is 29.8 Å². The largest absolute Gasteiger partial charge is 0.497 e. The van der Waals surface area contributed by atoms with Crippen LogP contribution >= 0.6 is 0 Å². The number of imide groups is 1. The molecule has 0 N–H and O–H groups in total. The average Bonchev–Trinajstić information content (AvgIpc) is 3.48. The number of cyclic esters (lactones) is 1. The zero-order chi connectivity index (χ0) is 25.1. The van der Waals surface area contributed by atoms with Crippen LogP contribution in [0, 0.1) is 11.7 Å².